The van der Waals surface area contributed by atoms with Gasteiger partial charge >= 0.3 is 6.09 Å². The number of nitrogens with zero attached hydrogens (tertiary/aromatic N) is 6. The van der Waals surface area contributed by atoms with Crippen LogP contribution in [-0.4, -0.2) is 69.7 Å². The number of nitriles is 1. The number of anilines is 1. The van der Waals surface area contributed by atoms with Crippen molar-refractivity contribution in [3.8, 4) is 6.07 Å². The Labute approximate surface area is 164 Å². The smallest absolute Gasteiger partial charge is 0.410 e. The number of piperazine rings is 1. The first-order valence-electron chi connectivity index (χ1n) is 9.37. The van der Waals surface area contributed by atoms with Crippen LogP contribution in [0.3, 0.4) is 0 Å². The van der Waals surface area contributed by atoms with Crippen molar-refractivity contribution in [3.05, 3.63) is 24.2 Å². The number of carbonyl (C=O) groups excluding carboxylic acids is 2. The van der Waals surface area contributed by atoms with Crippen LogP contribution < -0.4 is 4.90 Å². The van der Waals surface area contributed by atoms with E-state index in [0.29, 0.717) is 57.3 Å². The van der Waals surface area contributed by atoms with Gasteiger partial charge in [-0.3, -0.25) is 9.69 Å². The van der Waals surface area contributed by atoms with Gasteiger partial charge in [0.1, 0.15) is 23.3 Å². The average molecular weight is 386 g/mol. The normalized spacial score (nSPS) is 17.0. The summed E-state index contributed by atoms with van der Waals surface area (Å²) in [5.41, 5.74) is -0.209. The Hall–Kier alpha value is -3.02. The number of amides is 2. The molecule has 150 valence electrons. The van der Waals surface area contributed by atoms with Crippen molar-refractivity contribution in [2.75, 3.05) is 37.6 Å². The number of fused-ring (bicyclic) bond motifs is 1. The molecule has 0 unspecified atom stereocenters. The van der Waals surface area contributed by atoms with Gasteiger partial charge in [-0.2, -0.15) is 5.26 Å². The van der Waals surface area contributed by atoms with Crippen molar-refractivity contribution in [3.63, 3.8) is 0 Å². The molecular formula is C19H26N6O3. The quantitative estimate of drug-likeness (QED) is 0.712. The summed E-state index contributed by atoms with van der Waals surface area (Å²) in [4.78, 5) is 34.0. The molecule has 28 heavy (non-hydrogen) atoms. The highest BCUT2D eigenvalue weighted by Gasteiger charge is 2.32. The molecule has 3 heterocycles. The van der Waals surface area contributed by atoms with Gasteiger partial charge < -0.3 is 19.1 Å². The molecule has 0 spiro atoms. The van der Waals surface area contributed by atoms with Gasteiger partial charge in [-0.05, 0) is 26.8 Å². The summed E-state index contributed by atoms with van der Waals surface area (Å²) in [7, 11) is 0. The van der Waals surface area contributed by atoms with E-state index in [1.54, 1.807) is 9.80 Å². The Morgan fingerprint density at radius 3 is 2.36 bits per heavy atom. The van der Waals surface area contributed by atoms with Crippen LogP contribution in [0.15, 0.2) is 12.7 Å². The molecule has 1 aromatic rings. The summed E-state index contributed by atoms with van der Waals surface area (Å²) in [6.07, 6.45) is 0.945. The predicted molar refractivity (Wildman–Crippen MR) is 103 cm³/mol. The van der Waals surface area contributed by atoms with Gasteiger partial charge in [-0.15, -0.1) is 0 Å². The molecule has 0 atom stereocenters. The average Bonchev–Trinajstić information content (AvgIpc) is 3.03. The lowest BCUT2D eigenvalue weighted by Gasteiger charge is -2.37. The molecule has 1 aromatic heterocycles. The van der Waals surface area contributed by atoms with Gasteiger partial charge in [0, 0.05) is 39.3 Å². The summed E-state index contributed by atoms with van der Waals surface area (Å²) in [5, 5.41) is 9.57. The minimum absolute atomic E-state index is 0.0801. The fourth-order valence-electron chi connectivity index (χ4n) is 3.46. The predicted octanol–water partition coefficient (Wildman–Crippen LogP) is 1.34. The molecule has 1 fully saturated rings. The van der Waals surface area contributed by atoms with E-state index < -0.39 is 5.60 Å². The monoisotopic (exact) mass is 386 g/mol. The van der Waals surface area contributed by atoms with Crippen LogP contribution in [0.25, 0.3) is 0 Å². The largest absolute Gasteiger partial charge is 0.444 e. The summed E-state index contributed by atoms with van der Waals surface area (Å²) >= 11 is 0. The molecule has 9 nitrogen and oxygen atoms in total. The van der Waals surface area contributed by atoms with E-state index in [2.05, 4.69) is 22.5 Å². The molecule has 0 saturated carbocycles. The first-order valence-corrected chi connectivity index (χ1v) is 9.37. The number of ether oxygens (including phenoxy) is 1. The number of hydrogen-bond donors (Lipinski definition) is 0. The maximum Gasteiger partial charge on any atom is 0.410 e. The van der Waals surface area contributed by atoms with E-state index in [-0.39, 0.29) is 12.0 Å². The molecular weight excluding hydrogens is 360 g/mol. The van der Waals surface area contributed by atoms with E-state index >= 15 is 0 Å². The van der Waals surface area contributed by atoms with Crippen LogP contribution >= 0.6 is 0 Å². The standard InChI is InChI=1S/C19H26N6O3/c1-5-16(26)22-6-8-23(9-7-22)17-14(12-20)21-15-13-24(10-11-25(15)17)18(27)28-19(2,3)4/h5H,1,6-11,13H2,2-4H3. The molecule has 2 aliphatic heterocycles. The molecule has 0 aliphatic carbocycles. The van der Waals surface area contributed by atoms with Gasteiger partial charge in [-0.1, -0.05) is 6.58 Å². The van der Waals surface area contributed by atoms with E-state index in [0.717, 1.165) is 5.82 Å². The van der Waals surface area contributed by atoms with Gasteiger partial charge in [0.2, 0.25) is 5.91 Å². The van der Waals surface area contributed by atoms with Gasteiger partial charge in [0.05, 0.1) is 6.54 Å². The summed E-state index contributed by atoms with van der Waals surface area (Å²) < 4.78 is 7.45. The Kier molecular flexibility index (Phi) is 5.31. The lowest BCUT2D eigenvalue weighted by atomic mass is 10.2. The van der Waals surface area contributed by atoms with E-state index in [4.69, 9.17) is 4.74 Å². The zero-order valence-corrected chi connectivity index (χ0v) is 16.6. The van der Waals surface area contributed by atoms with Crippen LogP contribution in [-0.2, 0) is 22.6 Å². The summed E-state index contributed by atoms with van der Waals surface area (Å²) in [5.74, 6) is 1.36. The zero-order chi connectivity index (χ0) is 20.5. The van der Waals surface area contributed by atoms with Crippen LogP contribution in [0.2, 0.25) is 0 Å². The third-order valence-corrected chi connectivity index (χ3v) is 4.77. The summed E-state index contributed by atoms with van der Waals surface area (Å²) in [6, 6.07) is 2.17. The Bertz CT molecular complexity index is 824. The van der Waals surface area contributed by atoms with Crippen molar-refractivity contribution in [2.24, 2.45) is 0 Å². The van der Waals surface area contributed by atoms with Crippen molar-refractivity contribution in [1.82, 2.24) is 19.4 Å². The van der Waals surface area contributed by atoms with Crippen molar-refractivity contribution < 1.29 is 14.3 Å². The van der Waals surface area contributed by atoms with Crippen LogP contribution in [0.5, 0.6) is 0 Å². The van der Waals surface area contributed by atoms with Gasteiger partial charge in [0.15, 0.2) is 5.69 Å². The lowest BCUT2D eigenvalue weighted by Crippen LogP contribution is -2.49. The second-order valence-corrected chi connectivity index (χ2v) is 7.88. The first kappa shape index (κ1) is 19.7. The number of hydrogen-bond acceptors (Lipinski definition) is 6. The molecule has 2 amide bonds. The molecule has 0 radical (unpaired) electrons. The Morgan fingerprint density at radius 1 is 1.14 bits per heavy atom. The van der Waals surface area contributed by atoms with Crippen molar-refractivity contribution >= 4 is 17.8 Å². The molecule has 1 saturated heterocycles. The van der Waals surface area contributed by atoms with Crippen LogP contribution in [0, 0.1) is 11.3 Å². The fourth-order valence-corrected chi connectivity index (χ4v) is 3.46. The molecule has 3 rings (SSSR count). The minimum atomic E-state index is -0.560. The number of imidazole rings is 1. The second kappa shape index (κ2) is 7.54. The number of rotatable bonds is 2. The molecule has 0 N–H and O–H groups in total. The third-order valence-electron chi connectivity index (χ3n) is 4.77. The minimum Gasteiger partial charge on any atom is -0.444 e. The number of aromatic nitrogens is 2. The highest BCUT2D eigenvalue weighted by molar-refractivity contribution is 5.87. The van der Waals surface area contributed by atoms with Gasteiger partial charge in [-0.25, -0.2) is 9.78 Å². The van der Waals surface area contributed by atoms with E-state index in [1.807, 2.05) is 25.3 Å². The van der Waals surface area contributed by atoms with Crippen LogP contribution in [0.1, 0.15) is 32.3 Å². The van der Waals surface area contributed by atoms with E-state index in [9.17, 15) is 14.9 Å². The zero-order valence-electron chi connectivity index (χ0n) is 16.6. The fraction of sp³-hybridized carbons (Fsp3) is 0.579. The summed E-state index contributed by atoms with van der Waals surface area (Å²) in [6.45, 7) is 12.7. The number of carbonyl (C=O) groups is 2. The van der Waals surface area contributed by atoms with Crippen molar-refractivity contribution in [2.45, 2.75) is 39.5 Å². The Balaban J connectivity index is 1.76. The lowest BCUT2D eigenvalue weighted by molar-refractivity contribution is -0.126. The molecule has 2 aliphatic rings. The third kappa shape index (κ3) is 3.96. The topological polar surface area (TPSA) is 94.7 Å². The van der Waals surface area contributed by atoms with E-state index in [1.165, 1.54) is 6.08 Å². The Morgan fingerprint density at radius 2 is 1.79 bits per heavy atom. The first-order chi connectivity index (χ1) is 13.2. The van der Waals surface area contributed by atoms with Crippen LogP contribution in [0.4, 0.5) is 10.6 Å². The van der Waals surface area contributed by atoms with Crippen molar-refractivity contribution in [1.29, 1.82) is 5.26 Å². The molecule has 0 aromatic carbocycles. The second-order valence-electron chi connectivity index (χ2n) is 7.88. The van der Waals surface area contributed by atoms with Gasteiger partial charge in [0.25, 0.3) is 0 Å². The highest BCUT2D eigenvalue weighted by atomic mass is 16.6. The molecule has 9 heteroatoms. The maximum atomic E-state index is 12.4. The maximum absolute atomic E-state index is 12.4. The highest BCUT2D eigenvalue weighted by Crippen LogP contribution is 2.27. The SMILES string of the molecule is C=CC(=O)N1CCN(c2c(C#N)nc3n2CCN(C(=O)OC(C)(C)C)C3)CC1. The molecule has 0 bridgehead atoms.